The molecule has 0 unspecified atom stereocenters. The van der Waals surface area contributed by atoms with E-state index in [0.29, 0.717) is 46.0 Å². The Labute approximate surface area is 245 Å². The maximum atomic E-state index is 13.0. The first-order valence-electron chi connectivity index (χ1n) is 12.7. The number of hydrogen-bond acceptors (Lipinski definition) is 7. The highest BCUT2D eigenvalue weighted by atomic mass is 127. The highest BCUT2D eigenvalue weighted by Gasteiger charge is 2.37. The maximum Gasteiger partial charge on any atom is 0.294 e. The zero-order valence-corrected chi connectivity index (χ0v) is 24.8. The minimum absolute atomic E-state index is 0.209. The molecule has 2 aliphatic rings. The average Bonchev–Trinajstić information content (AvgIpc) is 3.17. The number of anilines is 1. The number of hydrogen-bond donors (Lipinski definition) is 1. The number of imide groups is 1. The number of thioether (sulfide) groups is 1. The molecule has 0 radical (unpaired) electrons. The minimum Gasteiger partial charge on any atom is -0.490 e. The van der Waals surface area contributed by atoms with Crippen LogP contribution in [0, 0.1) is 10.5 Å². The second kappa shape index (κ2) is 13.3. The van der Waals surface area contributed by atoms with Crippen LogP contribution in [0.3, 0.4) is 0 Å². The van der Waals surface area contributed by atoms with Gasteiger partial charge in [-0.1, -0.05) is 17.7 Å². The number of carbonyl (C=O) groups excluding carboxylic acids is 4. The van der Waals surface area contributed by atoms with Gasteiger partial charge in [-0.2, -0.15) is 0 Å². The van der Waals surface area contributed by atoms with E-state index in [4.69, 9.17) is 9.47 Å². The Morgan fingerprint density at radius 1 is 1.08 bits per heavy atom. The largest absolute Gasteiger partial charge is 0.490 e. The summed E-state index contributed by atoms with van der Waals surface area (Å²) in [6.07, 6.45) is 4.56. The highest BCUT2D eigenvalue weighted by molar-refractivity contribution is 14.1. The van der Waals surface area contributed by atoms with Gasteiger partial charge in [-0.15, -0.1) is 0 Å². The number of amides is 4. The van der Waals surface area contributed by atoms with Gasteiger partial charge in [0.05, 0.1) is 15.1 Å². The van der Waals surface area contributed by atoms with E-state index in [1.165, 1.54) is 0 Å². The van der Waals surface area contributed by atoms with Gasteiger partial charge in [0.2, 0.25) is 5.91 Å². The fourth-order valence-electron chi connectivity index (χ4n) is 4.21. The summed E-state index contributed by atoms with van der Waals surface area (Å²) in [5.74, 6) is -0.183. The van der Waals surface area contributed by atoms with Crippen molar-refractivity contribution in [2.75, 3.05) is 38.2 Å². The zero-order valence-electron chi connectivity index (χ0n) is 21.8. The van der Waals surface area contributed by atoms with Crippen molar-refractivity contribution in [1.82, 2.24) is 9.80 Å². The molecule has 2 aromatic rings. The van der Waals surface area contributed by atoms with E-state index in [1.54, 1.807) is 23.1 Å². The van der Waals surface area contributed by atoms with Gasteiger partial charge in [-0.3, -0.25) is 24.1 Å². The molecular weight excluding hydrogens is 633 g/mol. The molecule has 0 saturated carbocycles. The number of likely N-dealkylation sites (tertiary alicyclic amines) is 1. The van der Waals surface area contributed by atoms with Crippen molar-refractivity contribution in [3.8, 4) is 11.5 Å². The van der Waals surface area contributed by atoms with Crippen LogP contribution < -0.4 is 14.8 Å². The fourth-order valence-corrected chi connectivity index (χ4v) is 5.83. The first kappa shape index (κ1) is 28.9. The summed E-state index contributed by atoms with van der Waals surface area (Å²) in [5.41, 5.74) is 2.40. The molecule has 206 valence electrons. The van der Waals surface area contributed by atoms with E-state index in [1.807, 2.05) is 38.1 Å². The van der Waals surface area contributed by atoms with Gasteiger partial charge < -0.3 is 19.7 Å². The molecule has 2 aliphatic heterocycles. The zero-order chi connectivity index (χ0) is 27.9. The molecule has 0 aliphatic carbocycles. The third-order valence-electron chi connectivity index (χ3n) is 6.19. The lowest BCUT2D eigenvalue weighted by atomic mass is 10.1. The molecule has 0 bridgehead atoms. The van der Waals surface area contributed by atoms with Crippen LogP contribution in [0.5, 0.6) is 11.5 Å². The SMILES string of the molecule is CCOc1cc(/C=C2\SC(=O)N(CC(=O)N3CCCCC3)C2=O)cc(I)c1OCC(=O)Nc1ccc(C)cc1. The number of carbonyl (C=O) groups is 4. The van der Waals surface area contributed by atoms with Gasteiger partial charge in [0.1, 0.15) is 6.54 Å². The smallest absolute Gasteiger partial charge is 0.294 e. The molecule has 4 amide bonds. The first-order valence-corrected chi connectivity index (χ1v) is 14.6. The van der Waals surface area contributed by atoms with Crippen LogP contribution in [-0.4, -0.2) is 65.6 Å². The number of halogens is 1. The molecule has 2 fully saturated rings. The Balaban J connectivity index is 1.45. The Morgan fingerprint density at radius 3 is 2.49 bits per heavy atom. The summed E-state index contributed by atoms with van der Waals surface area (Å²) in [7, 11) is 0. The second-order valence-electron chi connectivity index (χ2n) is 9.18. The summed E-state index contributed by atoms with van der Waals surface area (Å²) in [6.45, 7) is 5.02. The molecule has 39 heavy (non-hydrogen) atoms. The van der Waals surface area contributed by atoms with Gasteiger partial charge in [-0.25, -0.2) is 0 Å². The summed E-state index contributed by atoms with van der Waals surface area (Å²) in [5, 5.41) is 2.33. The van der Waals surface area contributed by atoms with Crippen LogP contribution in [0.25, 0.3) is 6.08 Å². The molecule has 4 rings (SSSR count). The van der Waals surface area contributed by atoms with Crippen LogP contribution in [0.2, 0.25) is 0 Å². The number of ether oxygens (including phenoxy) is 2. The van der Waals surface area contributed by atoms with Crippen LogP contribution in [0.1, 0.15) is 37.3 Å². The van der Waals surface area contributed by atoms with E-state index >= 15 is 0 Å². The van der Waals surface area contributed by atoms with Crippen molar-refractivity contribution >= 4 is 69.1 Å². The predicted molar refractivity (Wildman–Crippen MR) is 159 cm³/mol. The molecule has 11 heteroatoms. The van der Waals surface area contributed by atoms with Gasteiger partial charge in [0.15, 0.2) is 18.1 Å². The maximum absolute atomic E-state index is 13.0. The Hall–Kier alpha value is -3.06. The topological polar surface area (TPSA) is 105 Å². The van der Waals surface area contributed by atoms with E-state index < -0.39 is 11.1 Å². The summed E-state index contributed by atoms with van der Waals surface area (Å²) in [4.78, 5) is 53.6. The number of nitrogens with zero attached hydrogens (tertiary/aromatic N) is 2. The standard InChI is InChI=1S/C28H30IN3O6S/c1-3-37-22-14-19(13-21(29)26(22)38-17-24(33)30-20-9-7-18(2)8-10-20)15-23-27(35)32(28(36)39-23)16-25(34)31-11-5-4-6-12-31/h7-10,13-15H,3-6,11-12,16-17H2,1-2H3,(H,30,33)/b23-15-. The van der Waals surface area contributed by atoms with E-state index in [2.05, 4.69) is 27.9 Å². The third-order valence-corrected chi connectivity index (χ3v) is 7.90. The fraction of sp³-hybridized carbons (Fsp3) is 0.357. The van der Waals surface area contributed by atoms with Crippen molar-refractivity contribution in [1.29, 1.82) is 0 Å². The molecular formula is C28H30IN3O6S. The van der Waals surface area contributed by atoms with E-state index in [-0.39, 0.29) is 29.9 Å². The number of benzene rings is 2. The molecule has 0 spiro atoms. The quantitative estimate of drug-likeness (QED) is 0.295. The highest BCUT2D eigenvalue weighted by Crippen LogP contribution is 2.37. The van der Waals surface area contributed by atoms with Gasteiger partial charge in [0.25, 0.3) is 17.1 Å². The monoisotopic (exact) mass is 663 g/mol. The number of rotatable bonds is 9. The van der Waals surface area contributed by atoms with Crippen LogP contribution in [0.15, 0.2) is 41.3 Å². The molecule has 9 nitrogen and oxygen atoms in total. The van der Waals surface area contributed by atoms with Crippen molar-refractivity contribution in [2.45, 2.75) is 33.1 Å². The van der Waals surface area contributed by atoms with Crippen molar-refractivity contribution in [2.24, 2.45) is 0 Å². The van der Waals surface area contributed by atoms with Gasteiger partial charge in [0, 0.05) is 18.8 Å². The number of nitrogens with one attached hydrogen (secondary N) is 1. The van der Waals surface area contributed by atoms with E-state index in [9.17, 15) is 19.2 Å². The summed E-state index contributed by atoms with van der Waals surface area (Å²) < 4.78 is 12.3. The summed E-state index contributed by atoms with van der Waals surface area (Å²) in [6, 6.07) is 10.9. The molecule has 1 N–H and O–H groups in total. The van der Waals surface area contributed by atoms with Gasteiger partial charge in [-0.05, 0) is 103 Å². The van der Waals surface area contributed by atoms with Crippen molar-refractivity contribution in [3.05, 3.63) is 56.0 Å². The first-order chi connectivity index (χ1) is 18.7. The molecule has 2 saturated heterocycles. The molecule has 2 heterocycles. The normalized spacial score (nSPS) is 16.5. The average molecular weight is 664 g/mol. The van der Waals surface area contributed by atoms with Gasteiger partial charge >= 0.3 is 0 Å². The number of piperidine rings is 1. The molecule has 2 aromatic carbocycles. The lowest BCUT2D eigenvalue weighted by molar-refractivity contribution is -0.136. The molecule has 0 atom stereocenters. The minimum atomic E-state index is -0.489. The lowest BCUT2D eigenvalue weighted by Crippen LogP contribution is -2.44. The van der Waals surface area contributed by atoms with Crippen LogP contribution in [-0.2, 0) is 14.4 Å². The van der Waals surface area contributed by atoms with Crippen LogP contribution >= 0.6 is 34.4 Å². The Bertz CT molecular complexity index is 1290. The molecule has 0 aromatic heterocycles. The van der Waals surface area contributed by atoms with Crippen LogP contribution in [0.4, 0.5) is 10.5 Å². The Morgan fingerprint density at radius 2 is 1.79 bits per heavy atom. The van der Waals surface area contributed by atoms with Crippen molar-refractivity contribution < 1.29 is 28.7 Å². The van der Waals surface area contributed by atoms with E-state index in [0.717, 1.165) is 41.5 Å². The second-order valence-corrected chi connectivity index (χ2v) is 11.3. The number of aryl methyl sites for hydroxylation is 1. The Kier molecular flexibility index (Phi) is 9.89. The lowest BCUT2D eigenvalue weighted by Gasteiger charge is -2.27. The predicted octanol–water partition coefficient (Wildman–Crippen LogP) is 5.06. The third kappa shape index (κ3) is 7.53. The van der Waals surface area contributed by atoms with Crippen molar-refractivity contribution in [3.63, 3.8) is 0 Å². The summed E-state index contributed by atoms with van der Waals surface area (Å²) >= 11 is 2.89.